The molecule has 0 aliphatic rings. The first kappa shape index (κ1) is 21.6. The van der Waals surface area contributed by atoms with Gasteiger partial charge in [0.05, 0.1) is 17.0 Å². The van der Waals surface area contributed by atoms with Gasteiger partial charge in [0.2, 0.25) is 0 Å². The van der Waals surface area contributed by atoms with Crippen molar-refractivity contribution in [3.8, 4) is 0 Å². The van der Waals surface area contributed by atoms with Crippen LogP contribution in [0, 0.1) is 6.92 Å². The zero-order chi connectivity index (χ0) is 19.7. The standard InChI is InChI=1S/C17H24N2O6S/c1-5-7-8-12(21)25-9-11(20)19-16-13(17(23)24-6-2)10(3)14(26-16)15(22)18-4/h5-9H2,1-4H3,(H,18,22)(H,19,20). The number of hydrogen-bond acceptors (Lipinski definition) is 7. The topological polar surface area (TPSA) is 111 Å². The van der Waals surface area contributed by atoms with Crippen LogP contribution in [0.5, 0.6) is 0 Å². The van der Waals surface area contributed by atoms with Crippen LogP contribution in [-0.4, -0.2) is 44.0 Å². The Labute approximate surface area is 156 Å². The fourth-order valence-corrected chi connectivity index (χ4v) is 3.24. The molecule has 0 bridgehead atoms. The number of nitrogens with one attached hydrogen (secondary N) is 2. The van der Waals surface area contributed by atoms with Crippen molar-refractivity contribution in [2.75, 3.05) is 25.6 Å². The van der Waals surface area contributed by atoms with Gasteiger partial charge in [0.1, 0.15) is 5.00 Å². The van der Waals surface area contributed by atoms with E-state index in [1.54, 1.807) is 13.8 Å². The van der Waals surface area contributed by atoms with Crippen molar-refractivity contribution in [2.45, 2.75) is 40.0 Å². The van der Waals surface area contributed by atoms with E-state index in [-0.39, 0.29) is 29.5 Å². The molecule has 0 saturated heterocycles. The smallest absolute Gasteiger partial charge is 0.341 e. The highest BCUT2D eigenvalue weighted by Crippen LogP contribution is 2.33. The first-order valence-electron chi connectivity index (χ1n) is 8.33. The van der Waals surface area contributed by atoms with E-state index in [1.807, 2.05) is 6.92 Å². The molecule has 1 rings (SSSR count). The average Bonchev–Trinajstić information content (AvgIpc) is 2.93. The van der Waals surface area contributed by atoms with Crippen LogP contribution in [0.4, 0.5) is 5.00 Å². The minimum absolute atomic E-state index is 0.126. The molecule has 0 fully saturated rings. The normalized spacial score (nSPS) is 10.2. The summed E-state index contributed by atoms with van der Waals surface area (Å²) in [6.07, 6.45) is 1.78. The monoisotopic (exact) mass is 384 g/mol. The molecule has 0 saturated carbocycles. The number of hydrogen-bond donors (Lipinski definition) is 2. The van der Waals surface area contributed by atoms with E-state index in [0.29, 0.717) is 16.9 Å². The van der Waals surface area contributed by atoms with E-state index in [2.05, 4.69) is 10.6 Å². The lowest BCUT2D eigenvalue weighted by atomic mass is 10.1. The fraction of sp³-hybridized carbons (Fsp3) is 0.529. The second kappa shape index (κ2) is 10.5. The summed E-state index contributed by atoms with van der Waals surface area (Å²) in [6.45, 7) is 4.91. The SMILES string of the molecule is CCCCC(=O)OCC(=O)Nc1sc(C(=O)NC)c(C)c1C(=O)OCC. The highest BCUT2D eigenvalue weighted by molar-refractivity contribution is 7.18. The quantitative estimate of drug-likeness (QED) is 0.632. The predicted molar refractivity (Wildman–Crippen MR) is 97.5 cm³/mol. The zero-order valence-corrected chi connectivity index (χ0v) is 16.2. The highest BCUT2D eigenvalue weighted by Gasteiger charge is 2.26. The molecule has 2 amide bonds. The molecule has 8 nitrogen and oxygen atoms in total. The van der Waals surface area contributed by atoms with Crippen LogP contribution in [-0.2, 0) is 19.1 Å². The largest absolute Gasteiger partial charge is 0.462 e. The lowest BCUT2D eigenvalue weighted by Crippen LogP contribution is -2.21. The number of carbonyl (C=O) groups excluding carboxylic acids is 4. The number of carbonyl (C=O) groups is 4. The summed E-state index contributed by atoms with van der Waals surface area (Å²) in [5.74, 6) is -2.05. The molecule has 0 aliphatic heterocycles. The van der Waals surface area contributed by atoms with Gasteiger partial charge in [0, 0.05) is 13.5 Å². The maximum absolute atomic E-state index is 12.2. The minimum atomic E-state index is -0.633. The van der Waals surface area contributed by atoms with Crippen LogP contribution >= 0.6 is 11.3 Å². The molecule has 0 atom stereocenters. The van der Waals surface area contributed by atoms with Crippen LogP contribution in [0.3, 0.4) is 0 Å². The Kier molecular flexibility index (Phi) is 8.77. The Morgan fingerprint density at radius 2 is 1.81 bits per heavy atom. The summed E-state index contributed by atoms with van der Waals surface area (Å²) < 4.78 is 9.89. The Balaban J connectivity index is 2.92. The number of rotatable bonds is 9. The van der Waals surface area contributed by atoms with E-state index in [1.165, 1.54) is 7.05 Å². The van der Waals surface area contributed by atoms with Crippen molar-refractivity contribution >= 4 is 40.1 Å². The molecule has 1 heterocycles. The van der Waals surface area contributed by atoms with Gasteiger partial charge in [-0.2, -0.15) is 0 Å². The van der Waals surface area contributed by atoms with Crippen molar-refractivity contribution < 1.29 is 28.7 Å². The Morgan fingerprint density at radius 1 is 1.12 bits per heavy atom. The number of amides is 2. The van der Waals surface area contributed by atoms with Crippen molar-refractivity contribution in [1.82, 2.24) is 5.32 Å². The second-order valence-corrected chi connectivity index (χ2v) is 6.39. The van der Waals surface area contributed by atoms with E-state index < -0.39 is 24.5 Å². The predicted octanol–water partition coefficient (Wildman–Crippen LogP) is 2.26. The molecule has 9 heteroatoms. The minimum Gasteiger partial charge on any atom is -0.462 e. The van der Waals surface area contributed by atoms with Gasteiger partial charge >= 0.3 is 11.9 Å². The van der Waals surface area contributed by atoms with Crippen molar-refractivity contribution in [2.24, 2.45) is 0 Å². The molecule has 0 aromatic carbocycles. The lowest BCUT2D eigenvalue weighted by molar-refractivity contribution is -0.147. The third-order valence-electron chi connectivity index (χ3n) is 3.41. The number of esters is 2. The van der Waals surface area contributed by atoms with Gasteiger partial charge in [-0.15, -0.1) is 11.3 Å². The molecule has 26 heavy (non-hydrogen) atoms. The maximum Gasteiger partial charge on any atom is 0.341 e. The van der Waals surface area contributed by atoms with Crippen LogP contribution in [0.1, 0.15) is 58.7 Å². The van der Waals surface area contributed by atoms with Gasteiger partial charge in [-0.1, -0.05) is 13.3 Å². The molecular weight excluding hydrogens is 360 g/mol. The molecule has 0 aliphatic carbocycles. The molecule has 0 radical (unpaired) electrons. The lowest BCUT2D eigenvalue weighted by Gasteiger charge is -2.07. The molecule has 1 aromatic heterocycles. The van der Waals surface area contributed by atoms with Gasteiger partial charge in [-0.3, -0.25) is 14.4 Å². The number of thiophene rings is 1. The summed E-state index contributed by atoms with van der Waals surface area (Å²) in [5, 5.41) is 5.20. The fourth-order valence-electron chi connectivity index (χ4n) is 2.08. The van der Waals surface area contributed by atoms with Crippen LogP contribution in [0.2, 0.25) is 0 Å². The number of unbranched alkanes of at least 4 members (excludes halogenated alkanes) is 1. The second-order valence-electron chi connectivity index (χ2n) is 5.37. The van der Waals surface area contributed by atoms with Gasteiger partial charge in [-0.25, -0.2) is 4.79 Å². The van der Waals surface area contributed by atoms with Gasteiger partial charge < -0.3 is 20.1 Å². The number of ether oxygens (including phenoxy) is 2. The van der Waals surface area contributed by atoms with Crippen LogP contribution < -0.4 is 10.6 Å². The summed E-state index contributed by atoms with van der Waals surface area (Å²) in [7, 11) is 1.47. The highest BCUT2D eigenvalue weighted by atomic mass is 32.1. The molecule has 2 N–H and O–H groups in total. The van der Waals surface area contributed by atoms with Crippen molar-refractivity contribution in [3.63, 3.8) is 0 Å². The summed E-state index contributed by atoms with van der Waals surface area (Å²) >= 11 is 0.964. The molecular formula is C17H24N2O6S. The first-order chi connectivity index (χ1) is 12.3. The van der Waals surface area contributed by atoms with Crippen LogP contribution in [0.15, 0.2) is 0 Å². The Hall–Kier alpha value is -2.42. The van der Waals surface area contributed by atoms with E-state index in [4.69, 9.17) is 9.47 Å². The third-order valence-corrected chi connectivity index (χ3v) is 4.62. The van der Waals surface area contributed by atoms with Crippen molar-refractivity contribution in [3.05, 3.63) is 16.0 Å². The maximum atomic E-state index is 12.2. The number of anilines is 1. The zero-order valence-electron chi connectivity index (χ0n) is 15.4. The summed E-state index contributed by atoms with van der Waals surface area (Å²) in [5.41, 5.74) is 0.546. The summed E-state index contributed by atoms with van der Waals surface area (Å²) in [4.78, 5) is 48.0. The summed E-state index contributed by atoms with van der Waals surface area (Å²) in [6, 6.07) is 0. The van der Waals surface area contributed by atoms with Crippen LogP contribution in [0.25, 0.3) is 0 Å². The van der Waals surface area contributed by atoms with E-state index in [9.17, 15) is 19.2 Å². The van der Waals surface area contributed by atoms with E-state index in [0.717, 1.165) is 17.8 Å². The van der Waals surface area contributed by atoms with Gasteiger partial charge in [0.15, 0.2) is 6.61 Å². The average molecular weight is 384 g/mol. The van der Waals surface area contributed by atoms with Crippen molar-refractivity contribution in [1.29, 1.82) is 0 Å². The van der Waals surface area contributed by atoms with E-state index >= 15 is 0 Å². The van der Waals surface area contributed by atoms with Gasteiger partial charge in [0.25, 0.3) is 11.8 Å². The molecule has 0 spiro atoms. The Morgan fingerprint density at radius 3 is 2.38 bits per heavy atom. The molecule has 1 aromatic rings. The molecule has 144 valence electrons. The first-order valence-corrected chi connectivity index (χ1v) is 9.15. The Bertz CT molecular complexity index is 683. The third kappa shape index (κ3) is 5.83. The molecule has 0 unspecified atom stereocenters. The van der Waals surface area contributed by atoms with Gasteiger partial charge in [-0.05, 0) is 25.8 Å².